The van der Waals surface area contributed by atoms with Crippen molar-refractivity contribution in [2.75, 3.05) is 13.2 Å². The number of nitriles is 1. The monoisotopic (exact) mass is 288 g/mol. The van der Waals surface area contributed by atoms with Gasteiger partial charge in [0.25, 0.3) is 0 Å². The highest BCUT2D eigenvalue weighted by Gasteiger charge is 2.40. The van der Waals surface area contributed by atoms with Crippen molar-refractivity contribution >= 4 is 0 Å². The average Bonchev–Trinajstić information content (AvgIpc) is 3.14. The first kappa shape index (κ1) is 14.3. The van der Waals surface area contributed by atoms with E-state index in [1.165, 1.54) is 6.42 Å². The summed E-state index contributed by atoms with van der Waals surface area (Å²) >= 11 is 0. The van der Waals surface area contributed by atoms with Crippen molar-refractivity contribution in [3.05, 3.63) is 29.8 Å². The van der Waals surface area contributed by atoms with Crippen LogP contribution in [-0.4, -0.2) is 42.6 Å². The third-order valence-corrected chi connectivity index (χ3v) is 4.13. The molecule has 0 amide bonds. The summed E-state index contributed by atoms with van der Waals surface area (Å²) in [6, 6.07) is 9.37. The predicted molar refractivity (Wildman–Crippen MR) is 77.0 cm³/mol. The van der Waals surface area contributed by atoms with Crippen LogP contribution in [0.2, 0.25) is 0 Å². The molecule has 5 heteroatoms. The molecule has 2 bridgehead atoms. The highest BCUT2D eigenvalue weighted by atomic mass is 16.5. The van der Waals surface area contributed by atoms with Gasteiger partial charge in [0.05, 0.1) is 23.8 Å². The molecular formula is C16H20N2O3. The molecule has 3 rings (SSSR count). The topological polar surface area (TPSA) is 74.5 Å². The molecule has 2 aliphatic heterocycles. The Hall–Kier alpha value is -1.61. The van der Waals surface area contributed by atoms with Gasteiger partial charge in [-0.05, 0) is 37.5 Å². The van der Waals surface area contributed by atoms with Crippen molar-refractivity contribution < 1.29 is 14.6 Å². The van der Waals surface area contributed by atoms with Crippen LogP contribution in [0.5, 0.6) is 5.75 Å². The van der Waals surface area contributed by atoms with E-state index in [0.29, 0.717) is 36.1 Å². The molecule has 21 heavy (non-hydrogen) atoms. The number of hydrogen-bond donors (Lipinski definition) is 2. The summed E-state index contributed by atoms with van der Waals surface area (Å²) < 4.78 is 11.3. The lowest BCUT2D eigenvalue weighted by Gasteiger charge is -2.22. The molecule has 2 saturated heterocycles. The number of aliphatic hydroxyl groups is 1. The zero-order valence-electron chi connectivity index (χ0n) is 11.9. The van der Waals surface area contributed by atoms with E-state index in [1.807, 2.05) is 0 Å². The zero-order valence-corrected chi connectivity index (χ0v) is 11.9. The largest absolute Gasteiger partial charge is 0.491 e. The van der Waals surface area contributed by atoms with Gasteiger partial charge in [0, 0.05) is 12.6 Å². The standard InChI is InChI=1S/C16H20N2O3/c17-8-11-2-1-3-13(6-11)20-10-12(19)9-18-15-7-14-4-5-16(15)21-14/h1-3,6,12,14-16,18-19H,4-5,7,9-10H2. The van der Waals surface area contributed by atoms with E-state index in [2.05, 4.69) is 11.4 Å². The lowest BCUT2D eigenvalue weighted by Crippen LogP contribution is -2.42. The Morgan fingerprint density at radius 1 is 1.48 bits per heavy atom. The number of benzene rings is 1. The van der Waals surface area contributed by atoms with Crippen LogP contribution >= 0.6 is 0 Å². The van der Waals surface area contributed by atoms with Gasteiger partial charge in [0.15, 0.2) is 0 Å². The van der Waals surface area contributed by atoms with E-state index >= 15 is 0 Å². The van der Waals surface area contributed by atoms with Crippen molar-refractivity contribution in [1.29, 1.82) is 5.26 Å². The fourth-order valence-electron chi connectivity index (χ4n) is 3.05. The summed E-state index contributed by atoms with van der Waals surface area (Å²) in [7, 11) is 0. The summed E-state index contributed by atoms with van der Waals surface area (Å²) in [6.07, 6.45) is 3.49. The SMILES string of the molecule is N#Cc1cccc(OCC(O)CNC2CC3CCC2O3)c1. The number of ether oxygens (including phenoxy) is 2. The van der Waals surface area contributed by atoms with Gasteiger partial charge in [-0.1, -0.05) is 6.07 Å². The first-order chi connectivity index (χ1) is 10.2. The molecule has 4 unspecified atom stereocenters. The molecule has 2 heterocycles. The van der Waals surface area contributed by atoms with E-state index < -0.39 is 6.10 Å². The molecule has 5 nitrogen and oxygen atoms in total. The van der Waals surface area contributed by atoms with Gasteiger partial charge in [0.1, 0.15) is 18.5 Å². The molecule has 2 fully saturated rings. The van der Waals surface area contributed by atoms with Crippen molar-refractivity contribution in [2.24, 2.45) is 0 Å². The van der Waals surface area contributed by atoms with Crippen molar-refractivity contribution in [3.63, 3.8) is 0 Å². The zero-order chi connectivity index (χ0) is 14.7. The minimum absolute atomic E-state index is 0.212. The third-order valence-electron chi connectivity index (χ3n) is 4.13. The van der Waals surface area contributed by atoms with E-state index in [-0.39, 0.29) is 6.61 Å². The summed E-state index contributed by atoms with van der Waals surface area (Å²) in [6.45, 7) is 0.707. The van der Waals surface area contributed by atoms with Crippen molar-refractivity contribution in [2.45, 2.75) is 43.6 Å². The molecule has 4 atom stereocenters. The highest BCUT2D eigenvalue weighted by molar-refractivity contribution is 5.36. The van der Waals surface area contributed by atoms with Gasteiger partial charge in [-0.3, -0.25) is 0 Å². The molecule has 0 aliphatic carbocycles. The second kappa shape index (κ2) is 6.44. The Morgan fingerprint density at radius 2 is 2.38 bits per heavy atom. The summed E-state index contributed by atoms with van der Waals surface area (Å²) in [5, 5.41) is 22.2. The Bertz CT molecular complexity index is 528. The van der Waals surface area contributed by atoms with Gasteiger partial charge in [-0.15, -0.1) is 0 Å². The van der Waals surface area contributed by atoms with Gasteiger partial charge in [-0.25, -0.2) is 0 Å². The van der Waals surface area contributed by atoms with E-state index in [1.54, 1.807) is 24.3 Å². The second-order valence-electron chi connectivity index (χ2n) is 5.73. The fraction of sp³-hybridized carbons (Fsp3) is 0.562. The predicted octanol–water partition coefficient (Wildman–Crippen LogP) is 1.21. The van der Waals surface area contributed by atoms with E-state index in [4.69, 9.17) is 14.7 Å². The highest BCUT2D eigenvalue weighted by Crippen LogP contribution is 2.34. The number of fused-ring (bicyclic) bond motifs is 2. The van der Waals surface area contributed by atoms with Crippen LogP contribution in [0.4, 0.5) is 0 Å². The van der Waals surface area contributed by atoms with Gasteiger partial charge < -0.3 is 19.9 Å². The minimum atomic E-state index is -0.574. The first-order valence-electron chi connectivity index (χ1n) is 7.44. The van der Waals surface area contributed by atoms with Gasteiger partial charge >= 0.3 is 0 Å². The molecule has 1 aromatic rings. The molecule has 0 radical (unpaired) electrons. The maximum absolute atomic E-state index is 9.97. The van der Waals surface area contributed by atoms with Crippen LogP contribution in [0, 0.1) is 11.3 Å². The fourth-order valence-corrected chi connectivity index (χ4v) is 3.05. The summed E-state index contributed by atoms with van der Waals surface area (Å²) in [5.74, 6) is 0.608. The Kier molecular flexibility index (Phi) is 4.39. The molecule has 2 aliphatic rings. The van der Waals surface area contributed by atoms with Crippen LogP contribution in [0.1, 0.15) is 24.8 Å². The summed E-state index contributed by atoms with van der Waals surface area (Å²) in [5.41, 5.74) is 0.555. The number of rotatable bonds is 6. The molecule has 2 N–H and O–H groups in total. The Labute approximate surface area is 124 Å². The number of nitrogens with one attached hydrogen (secondary N) is 1. The quantitative estimate of drug-likeness (QED) is 0.823. The number of aliphatic hydroxyl groups excluding tert-OH is 1. The van der Waals surface area contributed by atoms with Crippen LogP contribution < -0.4 is 10.1 Å². The van der Waals surface area contributed by atoms with Gasteiger partial charge in [-0.2, -0.15) is 5.26 Å². The molecule has 112 valence electrons. The lowest BCUT2D eigenvalue weighted by molar-refractivity contribution is 0.0853. The Balaban J connectivity index is 1.40. The van der Waals surface area contributed by atoms with E-state index in [0.717, 1.165) is 12.8 Å². The van der Waals surface area contributed by atoms with Crippen LogP contribution in [0.3, 0.4) is 0 Å². The maximum atomic E-state index is 9.97. The normalized spacial score (nSPS) is 28.3. The van der Waals surface area contributed by atoms with Crippen molar-refractivity contribution in [3.8, 4) is 11.8 Å². The minimum Gasteiger partial charge on any atom is -0.491 e. The van der Waals surface area contributed by atoms with Crippen molar-refractivity contribution in [1.82, 2.24) is 5.32 Å². The van der Waals surface area contributed by atoms with Gasteiger partial charge in [0.2, 0.25) is 0 Å². The van der Waals surface area contributed by atoms with Crippen LogP contribution in [-0.2, 0) is 4.74 Å². The number of hydrogen-bond acceptors (Lipinski definition) is 5. The number of nitrogens with zero attached hydrogens (tertiary/aromatic N) is 1. The molecular weight excluding hydrogens is 268 g/mol. The van der Waals surface area contributed by atoms with Crippen LogP contribution in [0.25, 0.3) is 0 Å². The molecule has 0 spiro atoms. The second-order valence-corrected chi connectivity index (χ2v) is 5.73. The third kappa shape index (κ3) is 3.53. The Morgan fingerprint density at radius 3 is 3.10 bits per heavy atom. The molecule has 1 aromatic carbocycles. The lowest BCUT2D eigenvalue weighted by atomic mass is 9.95. The summed E-state index contributed by atoms with van der Waals surface area (Å²) in [4.78, 5) is 0. The van der Waals surface area contributed by atoms with Crippen LogP contribution in [0.15, 0.2) is 24.3 Å². The molecule has 0 saturated carbocycles. The average molecular weight is 288 g/mol. The first-order valence-corrected chi connectivity index (χ1v) is 7.44. The molecule has 0 aromatic heterocycles. The van der Waals surface area contributed by atoms with E-state index in [9.17, 15) is 5.11 Å². The smallest absolute Gasteiger partial charge is 0.120 e. The maximum Gasteiger partial charge on any atom is 0.120 e.